The van der Waals surface area contributed by atoms with Gasteiger partial charge in [0.15, 0.2) is 5.79 Å². The smallest absolute Gasteiger partial charge is 0.305 e. The molecule has 0 radical (unpaired) electrons. The molecule has 0 heterocycles. The monoisotopic (exact) mass is 496 g/mol. The number of hydrogen-bond acceptors (Lipinski definition) is 7. The molecule has 0 aromatic heterocycles. The number of ether oxygens (including phenoxy) is 2. The molecule has 0 bridgehead atoms. The van der Waals surface area contributed by atoms with Crippen LogP contribution in [0.5, 0.6) is 0 Å². The maximum absolute atomic E-state index is 11.7. The Morgan fingerprint density at radius 3 is 2.46 bits per heavy atom. The Hall–Kier alpha value is -0.730. The molecule has 1 unspecified atom stereocenters. The van der Waals surface area contributed by atoms with Crippen molar-refractivity contribution in [1.82, 2.24) is 0 Å². The average molecular weight is 497 g/mol. The lowest BCUT2D eigenvalue weighted by Gasteiger charge is -2.64. The molecule has 4 rings (SSSR count). The number of aliphatic hydroxyl groups is 4. The van der Waals surface area contributed by atoms with Crippen LogP contribution in [-0.2, 0) is 14.3 Å². The van der Waals surface area contributed by atoms with Crippen LogP contribution < -0.4 is 0 Å². The average Bonchev–Trinajstić information content (AvgIpc) is 3.16. The molecule has 0 spiro atoms. The van der Waals surface area contributed by atoms with Crippen molar-refractivity contribution in [2.75, 3.05) is 13.7 Å². The first-order chi connectivity index (χ1) is 16.4. The van der Waals surface area contributed by atoms with Crippen molar-refractivity contribution in [1.29, 1.82) is 0 Å². The Morgan fingerprint density at radius 1 is 1.09 bits per heavy atom. The fourth-order valence-electron chi connectivity index (χ4n) is 9.17. The van der Waals surface area contributed by atoms with Crippen LogP contribution in [0.3, 0.4) is 0 Å². The minimum atomic E-state index is -1.26. The summed E-state index contributed by atoms with van der Waals surface area (Å²) in [6.45, 7) is 8.48. The van der Waals surface area contributed by atoms with Crippen LogP contribution in [-0.4, -0.2) is 64.2 Å². The number of esters is 1. The molecule has 7 nitrogen and oxygen atoms in total. The van der Waals surface area contributed by atoms with Gasteiger partial charge in [0.05, 0.1) is 32.0 Å². The molecule has 4 aliphatic carbocycles. The summed E-state index contributed by atoms with van der Waals surface area (Å²) in [5, 5.41) is 43.9. The molecule has 0 aliphatic heterocycles. The number of rotatable bonds is 7. The predicted octanol–water partition coefficient (Wildman–Crippen LogP) is 3.26. The summed E-state index contributed by atoms with van der Waals surface area (Å²) in [6.07, 6.45) is 4.71. The molecule has 4 aliphatic rings. The van der Waals surface area contributed by atoms with Crippen molar-refractivity contribution in [3.63, 3.8) is 0 Å². The van der Waals surface area contributed by atoms with Gasteiger partial charge in [-0.25, -0.2) is 0 Å². The molecular weight excluding hydrogens is 448 g/mol. The second kappa shape index (κ2) is 9.86. The maximum Gasteiger partial charge on any atom is 0.305 e. The van der Waals surface area contributed by atoms with Crippen LogP contribution in [0.4, 0.5) is 0 Å². The van der Waals surface area contributed by atoms with Gasteiger partial charge < -0.3 is 29.9 Å². The van der Waals surface area contributed by atoms with E-state index in [-0.39, 0.29) is 47.1 Å². The summed E-state index contributed by atoms with van der Waals surface area (Å²) >= 11 is 0. The molecule has 4 fully saturated rings. The van der Waals surface area contributed by atoms with Gasteiger partial charge in [-0.05, 0) is 91.8 Å². The van der Waals surface area contributed by atoms with Gasteiger partial charge in [0.2, 0.25) is 0 Å². The lowest BCUT2D eigenvalue weighted by atomic mass is 9.43. The summed E-state index contributed by atoms with van der Waals surface area (Å²) in [7, 11) is 1.43. The highest BCUT2D eigenvalue weighted by molar-refractivity contribution is 5.69. The topological polar surface area (TPSA) is 116 Å². The molecule has 202 valence electrons. The highest BCUT2D eigenvalue weighted by Gasteiger charge is 2.66. The van der Waals surface area contributed by atoms with Crippen molar-refractivity contribution in [3.8, 4) is 0 Å². The summed E-state index contributed by atoms with van der Waals surface area (Å²) < 4.78 is 10.6. The van der Waals surface area contributed by atoms with Crippen molar-refractivity contribution < 1.29 is 34.7 Å². The normalized spacial score (nSPS) is 48.9. The Balaban J connectivity index is 1.53. The van der Waals surface area contributed by atoms with Crippen molar-refractivity contribution in [2.24, 2.45) is 46.3 Å². The van der Waals surface area contributed by atoms with Crippen LogP contribution in [0.25, 0.3) is 0 Å². The molecular formula is C28H48O7. The van der Waals surface area contributed by atoms with Gasteiger partial charge in [-0.3, -0.25) is 4.79 Å². The first-order valence-corrected chi connectivity index (χ1v) is 13.8. The Kier molecular flexibility index (Phi) is 7.70. The van der Waals surface area contributed by atoms with E-state index in [1.807, 2.05) is 0 Å². The number of hydrogen-bond donors (Lipinski definition) is 4. The first kappa shape index (κ1) is 27.3. The quantitative estimate of drug-likeness (QED) is 0.316. The van der Waals surface area contributed by atoms with Gasteiger partial charge in [-0.2, -0.15) is 0 Å². The van der Waals surface area contributed by atoms with E-state index in [4.69, 9.17) is 9.47 Å². The second-order valence-electron chi connectivity index (χ2n) is 13.0. The maximum atomic E-state index is 11.7. The molecule has 0 amide bonds. The van der Waals surface area contributed by atoms with Crippen LogP contribution in [0.2, 0.25) is 0 Å². The molecule has 4 N–H and O–H groups in total. The van der Waals surface area contributed by atoms with E-state index in [0.717, 1.165) is 25.7 Å². The molecule has 7 heteroatoms. The Labute approximate surface area is 210 Å². The zero-order valence-corrected chi connectivity index (χ0v) is 22.3. The molecule has 0 aromatic rings. The van der Waals surface area contributed by atoms with Crippen LogP contribution >= 0.6 is 0 Å². The van der Waals surface area contributed by atoms with E-state index in [1.54, 1.807) is 6.92 Å². The molecule has 4 saturated carbocycles. The lowest BCUT2D eigenvalue weighted by molar-refractivity contribution is -0.278. The predicted molar refractivity (Wildman–Crippen MR) is 131 cm³/mol. The zero-order valence-electron chi connectivity index (χ0n) is 22.3. The lowest BCUT2D eigenvalue weighted by Crippen LogP contribution is -2.63. The Bertz CT molecular complexity index is 772. The van der Waals surface area contributed by atoms with E-state index in [9.17, 15) is 25.2 Å². The minimum absolute atomic E-state index is 0.0682. The highest BCUT2D eigenvalue weighted by Crippen LogP contribution is 2.69. The summed E-state index contributed by atoms with van der Waals surface area (Å²) in [5.74, 6) is -0.116. The highest BCUT2D eigenvalue weighted by atomic mass is 16.6. The van der Waals surface area contributed by atoms with E-state index < -0.39 is 24.1 Å². The third kappa shape index (κ3) is 4.69. The molecule has 35 heavy (non-hydrogen) atoms. The first-order valence-electron chi connectivity index (χ1n) is 13.8. The largest absolute Gasteiger partial charge is 0.469 e. The van der Waals surface area contributed by atoms with Crippen LogP contribution in [0, 0.1) is 46.3 Å². The number of methoxy groups -OCH3 is 1. The number of carbonyl (C=O) groups is 1. The van der Waals surface area contributed by atoms with E-state index in [1.165, 1.54) is 7.11 Å². The molecule has 0 saturated heterocycles. The van der Waals surface area contributed by atoms with Crippen LogP contribution in [0.1, 0.15) is 85.5 Å². The number of aliphatic hydroxyl groups excluding tert-OH is 3. The van der Waals surface area contributed by atoms with Crippen molar-refractivity contribution in [3.05, 3.63) is 0 Å². The fourth-order valence-corrected chi connectivity index (χ4v) is 9.17. The number of fused-ring (bicyclic) bond motifs is 5. The van der Waals surface area contributed by atoms with Gasteiger partial charge in [-0.15, -0.1) is 0 Å². The van der Waals surface area contributed by atoms with Gasteiger partial charge in [0, 0.05) is 19.3 Å². The molecule has 0 aromatic carbocycles. The standard InChI is InChI=1S/C28H48O7/c1-16(6-9-24(32)34-5)19-7-8-20-25-21(13-23(31)27(19,20)4)26(3)10-11-28(33,35-15-17(2)29)14-18(26)12-22(25)30/h16-23,25,29-31,33H,6-15H2,1-5H3/t16-,17?,18-,19-,20+,21+,22-,23+,25+,26+,27-,28+/m1/s1. The van der Waals surface area contributed by atoms with Gasteiger partial charge in [0.25, 0.3) is 0 Å². The van der Waals surface area contributed by atoms with Gasteiger partial charge >= 0.3 is 5.97 Å². The van der Waals surface area contributed by atoms with Gasteiger partial charge in [-0.1, -0.05) is 20.8 Å². The van der Waals surface area contributed by atoms with Gasteiger partial charge in [0.1, 0.15) is 0 Å². The van der Waals surface area contributed by atoms with E-state index in [2.05, 4.69) is 20.8 Å². The van der Waals surface area contributed by atoms with Crippen molar-refractivity contribution in [2.45, 2.75) is 110 Å². The van der Waals surface area contributed by atoms with E-state index >= 15 is 0 Å². The third-order valence-corrected chi connectivity index (χ3v) is 11.2. The zero-order chi connectivity index (χ0) is 25.8. The number of carbonyl (C=O) groups excluding carboxylic acids is 1. The summed E-state index contributed by atoms with van der Waals surface area (Å²) in [5.41, 5.74) is -0.335. The third-order valence-electron chi connectivity index (χ3n) is 11.2. The van der Waals surface area contributed by atoms with Crippen molar-refractivity contribution >= 4 is 5.97 Å². The Morgan fingerprint density at radius 2 is 1.80 bits per heavy atom. The molecule has 12 atom stereocenters. The fraction of sp³-hybridized carbons (Fsp3) is 0.964. The second-order valence-corrected chi connectivity index (χ2v) is 13.0. The SMILES string of the molecule is COC(=O)CC[C@@H](C)[C@H]1CC[C@H]2[C@@H]3[C@H](O)C[C@@H]4C[C@@](O)(OCC(C)O)CC[C@]4(C)[C@H]3C[C@H](O)[C@]12C. The summed E-state index contributed by atoms with van der Waals surface area (Å²) in [4.78, 5) is 11.7. The minimum Gasteiger partial charge on any atom is -0.469 e. The summed E-state index contributed by atoms with van der Waals surface area (Å²) in [6, 6.07) is 0. The van der Waals surface area contributed by atoms with Crippen LogP contribution in [0.15, 0.2) is 0 Å². The van der Waals surface area contributed by atoms with E-state index in [0.29, 0.717) is 43.9 Å².